The SMILES string of the molecule is O=C(NCCCc1ccccc1)c1cccnc1O[C@H]1CCOC1. The van der Waals surface area contributed by atoms with Crippen molar-refractivity contribution in [2.45, 2.75) is 25.4 Å². The molecule has 3 rings (SSSR count). The Hall–Kier alpha value is -2.40. The first-order chi connectivity index (χ1) is 11.8. The molecule has 1 amide bonds. The van der Waals surface area contributed by atoms with E-state index in [2.05, 4.69) is 22.4 Å². The maximum atomic E-state index is 12.4. The molecule has 126 valence electrons. The number of hydrogen-bond donors (Lipinski definition) is 1. The van der Waals surface area contributed by atoms with Crippen LogP contribution in [0.15, 0.2) is 48.7 Å². The number of nitrogens with one attached hydrogen (secondary N) is 1. The van der Waals surface area contributed by atoms with Crippen LogP contribution in [0.3, 0.4) is 0 Å². The first-order valence-corrected chi connectivity index (χ1v) is 8.34. The molecule has 0 saturated carbocycles. The molecule has 1 aromatic carbocycles. The first kappa shape index (κ1) is 16.5. The minimum absolute atomic E-state index is 0.0236. The molecule has 24 heavy (non-hydrogen) atoms. The van der Waals surface area contributed by atoms with E-state index < -0.39 is 0 Å². The Kier molecular flexibility index (Phi) is 5.80. The van der Waals surface area contributed by atoms with Gasteiger partial charge in [-0.1, -0.05) is 30.3 Å². The summed E-state index contributed by atoms with van der Waals surface area (Å²) in [5.41, 5.74) is 1.75. The zero-order valence-electron chi connectivity index (χ0n) is 13.6. The van der Waals surface area contributed by atoms with Gasteiger partial charge in [-0.3, -0.25) is 4.79 Å². The van der Waals surface area contributed by atoms with Crippen LogP contribution in [0.1, 0.15) is 28.8 Å². The molecule has 0 aliphatic carbocycles. The summed E-state index contributed by atoms with van der Waals surface area (Å²) in [7, 11) is 0. The fourth-order valence-electron chi connectivity index (χ4n) is 2.66. The van der Waals surface area contributed by atoms with Gasteiger partial charge in [-0.2, -0.15) is 0 Å². The van der Waals surface area contributed by atoms with Crippen LogP contribution in [-0.2, 0) is 11.2 Å². The van der Waals surface area contributed by atoms with Gasteiger partial charge in [0.2, 0.25) is 5.88 Å². The number of aryl methyl sites for hydroxylation is 1. The number of nitrogens with zero attached hydrogens (tertiary/aromatic N) is 1. The summed E-state index contributed by atoms with van der Waals surface area (Å²) in [6.45, 7) is 1.86. The van der Waals surface area contributed by atoms with E-state index in [4.69, 9.17) is 9.47 Å². The zero-order chi connectivity index (χ0) is 16.6. The lowest BCUT2D eigenvalue weighted by Gasteiger charge is -2.14. The maximum Gasteiger partial charge on any atom is 0.256 e. The van der Waals surface area contributed by atoms with Gasteiger partial charge in [0.15, 0.2) is 0 Å². The van der Waals surface area contributed by atoms with Crippen molar-refractivity contribution in [3.63, 3.8) is 0 Å². The maximum absolute atomic E-state index is 12.4. The predicted molar refractivity (Wildman–Crippen MR) is 91.2 cm³/mol. The van der Waals surface area contributed by atoms with E-state index in [0.717, 1.165) is 19.3 Å². The minimum atomic E-state index is -0.148. The Bertz CT molecular complexity index is 655. The van der Waals surface area contributed by atoms with Crippen molar-refractivity contribution in [1.82, 2.24) is 10.3 Å². The van der Waals surface area contributed by atoms with Gasteiger partial charge in [-0.05, 0) is 30.5 Å². The van der Waals surface area contributed by atoms with Crippen molar-refractivity contribution in [1.29, 1.82) is 0 Å². The summed E-state index contributed by atoms with van der Waals surface area (Å²) < 4.78 is 11.1. The van der Waals surface area contributed by atoms with Gasteiger partial charge in [0.1, 0.15) is 11.7 Å². The lowest BCUT2D eigenvalue weighted by molar-refractivity contribution is 0.0940. The van der Waals surface area contributed by atoms with Crippen LogP contribution < -0.4 is 10.1 Å². The molecule has 0 spiro atoms. The molecule has 1 saturated heterocycles. The van der Waals surface area contributed by atoms with E-state index in [1.807, 2.05) is 18.2 Å². The van der Waals surface area contributed by atoms with E-state index in [9.17, 15) is 4.79 Å². The molecule has 1 N–H and O–H groups in total. The van der Waals surface area contributed by atoms with Crippen LogP contribution >= 0.6 is 0 Å². The van der Waals surface area contributed by atoms with Crippen LogP contribution in [-0.4, -0.2) is 36.8 Å². The summed E-state index contributed by atoms with van der Waals surface area (Å²) in [6.07, 6.45) is 4.27. The summed E-state index contributed by atoms with van der Waals surface area (Å²) in [4.78, 5) is 16.6. The molecule has 0 unspecified atom stereocenters. The van der Waals surface area contributed by atoms with Gasteiger partial charge in [0, 0.05) is 19.2 Å². The third kappa shape index (κ3) is 4.55. The monoisotopic (exact) mass is 326 g/mol. The summed E-state index contributed by atoms with van der Waals surface area (Å²) in [5, 5.41) is 2.94. The number of benzene rings is 1. The van der Waals surface area contributed by atoms with E-state index in [-0.39, 0.29) is 12.0 Å². The third-order valence-corrected chi connectivity index (χ3v) is 3.95. The highest BCUT2D eigenvalue weighted by Gasteiger charge is 2.21. The lowest BCUT2D eigenvalue weighted by atomic mass is 10.1. The molecule has 0 radical (unpaired) electrons. The van der Waals surface area contributed by atoms with Crippen molar-refractivity contribution < 1.29 is 14.3 Å². The van der Waals surface area contributed by atoms with Crippen LogP contribution in [0.2, 0.25) is 0 Å². The van der Waals surface area contributed by atoms with Crippen LogP contribution in [0, 0.1) is 0 Å². The first-order valence-electron chi connectivity index (χ1n) is 8.34. The van der Waals surface area contributed by atoms with Gasteiger partial charge in [0.05, 0.1) is 13.2 Å². The number of carbonyl (C=O) groups is 1. The quantitative estimate of drug-likeness (QED) is 0.795. The van der Waals surface area contributed by atoms with E-state index in [1.165, 1.54) is 5.56 Å². The molecule has 1 aliphatic heterocycles. The molecule has 1 aliphatic rings. The van der Waals surface area contributed by atoms with Gasteiger partial charge in [-0.25, -0.2) is 4.98 Å². The highest BCUT2D eigenvalue weighted by atomic mass is 16.5. The topological polar surface area (TPSA) is 60.5 Å². The smallest absolute Gasteiger partial charge is 0.256 e. The molecular formula is C19H22N2O3. The number of rotatable bonds is 7. The van der Waals surface area contributed by atoms with Crippen LogP contribution in [0.4, 0.5) is 0 Å². The minimum Gasteiger partial charge on any atom is -0.471 e. The van der Waals surface area contributed by atoms with Gasteiger partial charge in [0.25, 0.3) is 5.91 Å². The van der Waals surface area contributed by atoms with Gasteiger partial charge >= 0.3 is 0 Å². The van der Waals surface area contributed by atoms with Crippen molar-refractivity contribution in [2.24, 2.45) is 0 Å². The molecular weight excluding hydrogens is 304 g/mol. The normalized spacial score (nSPS) is 16.8. The molecule has 5 heteroatoms. The van der Waals surface area contributed by atoms with E-state index >= 15 is 0 Å². The molecule has 1 atom stereocenters. The van der Waals surface area contributed by atoms with E-state index in [0.29, 0.717) is 31.2 Å². The number of ether oxygens (including phenoxy) is 2. The van der Waals surface area contributed by atoms with Crippen LogP contribution in [0.5, 0.6) is 5.88 Å². The largest absolute Gasteiger partial charge is 0.471 e. The summed E-state index contributed by atoms with van der Waals surface area (Å²) in [6, 6.07) is 13.7. The Labute approximate surface area is 142 Å². The van der Waals surface area contributed by atoms with Crippen LogP contribution in [0.25, 0.3) is 0 Å². The summed E-state index contributed by atoms with van der Waals surface area (Å²) in [5.74, 6) is 0.235. The second-order valence-electron chi connectivity index (χ2n) is 5.80. The Morgan fingerprint density at radius 2 is 2.12 bits per heavy atom. The van der Waals surface area contributed by atoms with Gasteiger partial charge < -0.3 is 14.8 Å². The third-order valence-electron chi connectivity index (χ3n) is 3.95. The van der Waals surface area contributed by atoms with Gasteiger partial charge in [-0.15, -0.1) is 0 Å². The zero-order valence-corrected chi connectivity index (χ0v) is 13.6. The molecule has 0 bridgehead atoms. The fourth-order valence-corrected chi connectivity index (χ4v) is 2.66. The Morgan fingerprint density at radius 1 is 1.25 bits per heavy atom. The standard InChI is InChI=1S/C19H22N2O3/c22-18(20-11-4-8-15-6-2-1-3-7-15)17-9-5-12-21-19(17)24-16-10-13-23-14-16/h1-3,5-7,9,12,16H,4,8,10-11,13-14H2,(H,20,22)/t16-/m0/s1. The van der Waals surface area contributed by atoms with Crippen molar-refractivity contribution in [2.75, 3.05) is 19.8 Å². The van der Waals surface area contributed by atoms with Crippen molar-refractivity contribution in [3.05, 3.63) is 59.8 Å². The van der Waals surface area contributed by atoms with E-state index in [1.54, 1.807) is 18.3 Å². The summed E-state index contributed by atoms with van der Waals surface area (Å²) >= 11 is 0. The number of pyridine rings is 1. The number of carbonyl (C=O) groups excluding carboxylic acids is 1. The number of aromatic nitrogens is 1. The fraction of sp³-hybridized carbons (Fsp3) is 0.368. The highest BCUT2D eigenvalue weighted by Crippen LogP contribution is 2.19. The molecule has 2 heterocycles. The second-order valence-corrected chi connectivity index (χ2v) is 5.80. The Balaban J connectivity index is 1.51. The average Bonchev–Trinajstić information content (AvgIpc) is 3.13. The molecule has 5 nitrogen and oxygen atoms in total. The number of hydrogen-bond acceptors (Lipinski definition) is 4. The highest BCUT2D eigenvalue weighted by molar-refractivity contribution is 5.96. The van der Waals surface area contributed by atoms with Crippen molar-refractivity contribution >= 4 is 5.91 Å². The molecule has 1 fully saturated rings. The number of amides is 1. The molecule has 1 aromatic heterocycles. The Morgan fingerprint density at radius 3 is 2.92 bits per heavy atom. The molecule has 2 aromatic rings. The average molecular weight is 326 g/mol. The lowest BCUT2D eigenvalue weighted by Crippen LogP contribution is -2.27. The van der Waals surface area contributed by atoms with Crippen molar-refractivity contribution in [3.8, 4) is 5.88 Å². The second kappa shape index (κ2) is 8.45. The predicted octanol–water partition coefficient (Wildman–Crippen LogP) is 2.61.